The number of carbonyl (C=O) groups excluding carboxylic acids is 1. The fraction of sp³-hybridized carbons (Fsp3) is 0.611. The van der Waals surface area contributed by atoms with Crippen molar-refractivity contribution in [2.45, 2.75) is 39.2 Å². The minimum Gasteiger partial charge on any atom is -0.362 e. The van der Waals surface area contributed by atoms with Gasteiger partial charge in [-0.1, -0.05) is 15.9 Å². The summed E-state index contributed by atoms with van der Waals surface area (Å²) in [5, 5.41) is 0. The molecule has 0 spiro atoms. The topological polar surface area (TPSA) is 57.7 Å². The molecule has 0 radical (unpaired) electrons. The number of anilines is 1. The summed E-state index contributed by atoms with van der Waals surface area (Å²) in [6.45, 7) is 5.74. The fourth-order valence-electron chi connectivity index (χ4n) is 4.09. The predicted molar refractivity (Wildman–Crippen MR) is 104 cm³/mol. The maximum Gasteiger partial charge on any atom is 0.242 e. The summed E-state index contributed by atoms with van der Waals surface area (Å²) in [6, 6.07) is 4.06. The van der Waals surface area contributed by atoms with Gasteiger partial charge in [0.25, 0.3) is 0 Å². The highest BCUT2D eigenvalue weighted by Crippen LogP contribution is 2.33. The zero-order chi connectivity index (χ0) is 18.2. The number of nitrogens with zero attached hydrogens (tertiary/aromatic N) is 2. The van der Waals surface area contributed by atoms with Crippen molar-refractivity contribution in [2.24, 2.45) is 0 Å². The van der Waals surface area contributed by atoms with E-state index in [0.717, 1.165) is 29.5 Å². The van der Waals surface area contributed by atoms with E-state index in [9.17, 15) is 13.2 Å². The van der Waals surface area contributed by atoms with Crippen molar-refractivity contribution in [3.8, 4) is 0 Å². The maximum absolute atomic E-state index is 12.9. The number of rotatable bonds is 4. The summed E-state index contributed by atoms with van der Waals surface area (Å²) in [5.74, 6) is 0.329. The van der Waals surface area contributed by atoms with Crippen LogP contribution in [0, 0.1) is 6.92 Å². The Kier molecular flexibility index (Phi) is 5.44. The van der Waals surface area contributed by atoms with Crippen LogP contribution in [0.25, 0.3) is 0 Å². The molecule has 1 fully saturated rings. The highest BCUT2D eigenvalue weighted by Gasteiger charge is 2.34. The standard InChI is InChI=1S/C18H25BrN2O3S/c1-3-21(16-6-8-25(23,24)12-16)17(22)11-20-7-4-5-14-10-15(19)9-13(2)18(14)20/h9-10,16H,3-8,11-12H2,1-2H3. The number of sulfone groups is 1. The molecule has 2 aliphatic rings. The highest BCUT2D eigenvalue weighted by atomic mass is 79.9. The van der Waals surface area contributed by atoms with Crippen LogP contribution >= 0.6 is 15.9 Å². The average Bonchev–Trinajstić information content (AvgIpc) is 2.87. The lowest BCUT2D eigenvalue weighted by Crippen LogP contribution is -2.47. The second-order valence-corrected chi connectivity index (χ2v) is 10.1. The number of aryl methyl sites for hydroxylation is 2. The molecule has 1 atom stereocenters. The van der Waals surface area contributed by atoms with E-state index < -0.39 is 9.84 Å². The van der Waals surface area contributed by atoms with Crippen LogP contribution in [-0.2, 0) is 21.1 Å². The monoisotopic (exact) mass is 428 g/mol. The minimum atomic E-state index is -2.99. The fourth-order valence-corrected chi connectivity index (χ4v) is 6.44. The number of benzene rings is 1. The van der Waals surface area contributed by atoms with E-state index in [1.807, 2.05) is 6.92 Å². The Bertz CT molecular complexity index is 779. The van der Waals surface area contributed by atoms with Gasteiger partial charge in [0, 0.05) is 29.3 Å². The van der Waals surface area contributed by atoms with Gasteiger partial charge in [0.1, 0.15) is 0 Å². The molecule has 1 unspecified atom stereocenters. The first-order valence-electron chi connectivity index (χ1n) is 8.84. The molecule has 1 aromatic rings. The third kappa shape index (κ3) is 4.03. The van der Waals surface area contributed by atoms with Crippen molar-refractivity contribution in [1.82, 2.24) is 4.90 Å². The molecule has 0 N–H and O–H groups in total. The molecule has 138 valence electrons. The summed E-state index contributed by atoms with van der Waals surface area (Å²) in [5.41, 5.74) is 3.61. The quantitative estimate of drug-likeness (QED) is 0.738. The van der Waals surface area contributed by atoms with Crippen LogP contribution in [0.1, 0.15) is 30.9 Å². The van der Waals surface area contributed by atoms with Crippen LogP contribution in [0.5, 0.6) is 0 Å². The van der Waals surface area contributed by atoms with Gasteiger partial charge in [-0.25, -0.2) is 8.42 Å². The van der Waals surface area contributed by atoms with Gasteiger partial charge in [-0.15, -0.1) is 0 Å². The van der Waals surface area contributed by atoms with Crippen LogP contribution in [-0.4, -0.2) is 56.4 Å². The Hall–Kier alpha value is -1.08. The molecule has 7 heteroatoms. The van der Waals surface area contributed by atoms with Gasteiger partial charge in [0.05, 0.1) is 18.1 Å². The van der Waals surface area contributed by atoms with Gasteiger partial charge in [0.2, 0.25) is 5.91 Å². The van der Waals surface area contributed by atoms with E-state index in [2.05, 4.69) is 39.9 Å². The van der Waals surface area contributed by atoms with Gasteiger partial charge in [-0.05, 0) is 56.4 Å². The van der Waals surface area contributed by atoms with Crippen LogP contribution in [0.4, 0.5) is 5.69 Å². The molecule has 0 bridgehead atoms. The highest BCUT2D eigenvalue weighted by molar-refractivity contribution is 9.10. The van der Waals surface area contributed by atoms with Crippen molar-refractivity contribution in [1.29, 1.82) is 0 Å². The lowest BCUT2D eigenvalue weighted by atomic mass is 9.98. The van der Waals surface area contributed by atoms with Crippen LogP contribution in [0.3, 0.4) is 0 Å². The number of carbonyl (C=O) groups is 1. The summed E-state index contributed by atoms with van der Waals surface area (Å²) in [4.78, 5) is 16.8. The molecule has 2 aliphatic heterocycles. The zero-order valence-electron chi connectivity index (χ0n) is 14.8. The first-order chi connectivity index (χ1) is 11.8. The molecular weight excluding hydrogens is 404 g/mol. The third-order valence-corrected chi connectivity index (χ3v) is 7.38. The lowest BCUT2D eigenvalue weighted by molar-refractivity contribution is -0.131. The molecule has 0 aromatic heterocycles. The van der Waals surface area contributed by atoms with E-state index in [4.69, 9.17) is 0 Å². The summed E-state index contributed by atoms with van der Waals surface area (Å²) in [7, 11) is -2.99. The zero-order valence-corrected chi connectivity index (χ0v) is 17.2. The van der Waals surface area contributed by atoms with Crippen LogP contribution in [0.15, 0.2) is 16.6 Å². The molecule has 3 rings (SSSR count). The van der Waals surface area contributed by atoms with Crippen molar-refractivity contribution >= 4 is 37.4 Å². The number of amides is 1. The molecule has 1 aromatic carbocycles. The Balaban J connectivity index is 1.78. The second kappa shape index (κ2) is 7.27. The normalized spacial score (nSPS) is 21.9. The van der Waals surface area contributed by atoms with Gasteiger partial charge in [-0.2, -0.15) is 0 Å². The second-order valence-electron chi connectivity index (χ2n) is 6.99. The Morgan fingerprint density at radius 2 is 2.16 bits per heavy atom. The van der Waals surface area contributed by atoms with Gasteiger partial charge in [0.15, 0.2) is 9.84 Å². The van der Waals surface area contributed by atoms with Crippen LogP contribution < -0.4 is 4.90 Å². The van der Waals surface area contributed by atoms with Crippen molar-refractivity contribution < 1.29 is 13.2 Å². The van der Waals surface area contributed by atoms with E-state index in [-0.39, 0.29) is 23.5 Å². The van der Waals surface area contributed by atoms with Gasteiger partial charge >= 0.3 is 0 Å². The SMILES string of the molecule is CCN(C(=O)CN1CCCc2cc(Br)cc(C)c21)C1CCS(=O)(=O)C1. The number of likely N-dealkylation sites (N-methyl/N-ethyl adjacent to an activating group) is 1. The first kappa shape index (κ1) is 18.7. The van der Waals surface area contributed by atoms with E-state index in [0.29, 0.717) is 19.5 Å². The molecule has 2 heterocycles. The van der Waals surface area contributed by atoms with Gasteiger partial charge < -0.3 is 9.80 Å². The lowest BCUT2D eigenvalue weighted by Gasteiger charge is -2.35. The molecule has 25 heavy (non-hydrogen) atoms. The van der Waals surface area contributed by atoms with E-state index in [1.54, 1.807) is 4.90 Å². The molecule has 5 nitrogen and oxygen atoms in total. The van der Waals surface area contributed by atoms with Crippen LogP contribution in [0.2, 0.25) is 0 Å². The van der Waals surface area contributed by atoms with Crippen molar-refractivity contribution in [3.05, 3.63) is 27.7 Å². The number of fused-ring (bicyclic) bond motifs is 1. The predicted octanol–water partition coefficient (Wildman–Crippen LogP) is 2.55. The number of hydrogen-bond donors (Lipinski definition) is 0. The molecule has 1 amide bonds. The maximum atomic E-state index is 12.9. The van der Waals surface area contributed by atoms with Gasteiger partial charge in [-0.3, -0.25) is 4.79 Å². The smallest absolute Gasteiger partial charge is 0.242 e. The summed E-state index contributed by atoms with van der Waals surface area (Å²) in [6.07, 6.45) is 2.61. The molecule has 0 saturated carbocycles. The minimum absolute atomic E-state index is 0.0276. The molecule has 0 aliphatic carbocycles. The van der Waals surface area contributed by atoms with E-state index in [1.165, 1.54) is 11.1 Å². The Morgan fingerprint density at radius 3 is 2.80 bits per heavy atom. The average molecular weight is 429 g/mol. The van der Waals surface area contributed by atoms with E-state index >= 15 is 0 Å². The molecule has 1 saturated heterocycles. The van der Waals surface area contributed by atoms with Crippen molar-refractivity contribution in [3.63, 3.8) is 0 Å². The number of hydrogen-bond acceptors (Lipinski definition) is 4. The van der Waals surface area contributed by atoms with Crippen molar-refractivity contribution in [2.75, 3.05) is 36.0 Å². The Labute approximate surface area is 158 Å². The Morgan fingerprint density at radius 1 is 1.40 bits per heavy atom. The number of halogens is 1. The largest absolute Gasteiger partial charge is 0.362 e. The molecular formula is C18H25BrN2O3S. The summed E-state index contributed by atoms with van der Waals surface area (Å²) < 4.78 is 24.6. The first-order valence-corrected chi connectivity index (χ1v) is 11.5. The third-order valence-electron chi connectivity index (χ3n) is 5.17. The summed E-state index contributed by atoms with van der Waals surface area (Å²) >= 11 is 3.55.